The summed E-state index contributed by atoms with van der Waals surface area (Å²) in [5, 5.41) is 0. The molecule has 112 valence electrons. The highest BCUT2D eigenvalue weighted by Gasteiger charge is 2.11. The second-order valence-electron chi connectivity index (χ2n) is 4.56. The molecule has 7 heteroatoms. The number of nitrogens with zero attached hydrogens (tertiary/aromatic N) is 1. The van der Waals surface area contributed by atoms with Crippen molar-refractivity contribution in [3.8, 4) is 5.75 Å². The molecule has 0 aliphatic carbocycles. The number of benzene rings is 1. The van der Waals surface area contributed by atoms with Crippen LogP contribution in [0.5, 0.6) is 5.75 Å². The quantitative estimate of drug-likeness (QED) is 0.793. The van der Waals surface area contributed by atoms with Gasteiger partial charge in [-0.1, -0.05) is 12.1 Å². The maximum Gasteiger partial charge on any atom is 0.237 e. The third kappa shape index (κ3) is 4.96. The van der Waals surface area contributed by atoms with Crippen molar-refractivity contribution in [2.45, 2.75) is 6.92 Å². The van der Waals surface area contributed by atoms with Gasteiger partial charge in [0.1, 0.15) is 23.9 Å². The van der Waals surface area contributed by atoms with Crippen molar-refractivity contribution in [3.05, 3.63) is 48.2 Å². The molecule has 0 atom stereocenters. The Morgan fingerprint density at radius 3 is 2.76 bits per heavy atom. The summed E-state index contributed by atoms with van der Waals surface area (Å²) in [4.78, 5) is 3.99. The van der Waals surface area contributed by atoms with Crippen LogP contribution >= 0.6 is 0 Å². The summed E-state index contributed by atoms with van der Waals surface area (Å²) in [6.45, 7) is 1.91. The van der Waals surface area contributed by atoms with Crippen molar-refractivity contribution in [1.82, 2.24) is 4.98 Å². The van der Waals surface area contributed by atoms with Gasteiger partial charge >= 0.3 is 0 Å². The number of anilines is 2. The third-order valence-corrected chi connectivity index (χ3v) is 3.87. The van der Waals surface area contributed by atoms with Crippen LogP contribution in [0.25, 0.3) is 0 Å². The first kappa shape index (κ1) is 15.1. The standard InChI is InChI=1S/C14H17N3O3S/c1-11-5-6-14(16-10-11)17-21(18,19)8-7-20-13-4-2-3-12(15)9-13/h2-6,9-10H,7-8,15H2,1H3,(H,16,17). The molecule has 21 heavy (non-hydrogen) atoms. The van der Waals surface area contributed by atoms with Gasteiger partial charge in [-0.15, -0.1) is 0 Å². The normalized spacial score (nSPS) is 11.1. The number of nitrogens with one attached hydrogen (secondary N) is 1. The first-order valence-electron chi connectivity index (χ1n) is 6.36. The van der Waals surface area contributed by atoms with Crippen LogP contribution < -0.4 is 15.2 Å². The van der Waals surface area contributed by atoms with Crippen LogP contribution in [0.1, 0.15) is 5.56 Å². The van der Waals surface area contributed by atoms with Gasteiger partial charge in [-0.05, 0) is 30.7 Å². The highest BCUT2D eigenvalue weighted by molar-refractivity contribution is 7.92. The van der Waals surface area contributed by atoms with E-state index in [-0.39, 0.29) is 12.4 Å². The van der Waals surface area contributed by atoms with E-state index < -0.39 is 10.0 Å². The minimum Gasteiger partial charge on any atom is -0.492 e. The van der Waals surface area contributed by atoms with Crippen molar-refractivity contribution in [2.75, 3.05) is 22.8 Å². The number of aryl methyl sites for hydroxylation is 1. The molecule has 0 saturated carbocycles. The Morgan fingerprint density at radius 1 is 1.29 bits per heavy atom. The highest BCUT2D eigenvalue weighted by atomic mass is 32.2. The number of aromatic nitrogens is 1. The fourth-order valence-corrected chi connectivity index (χ4v) is 2.46. The number of nitrogen functional groups attached to an aromatic ring is 1. The Morgan fingerprint density at radius 2 is 2.10 bits per heavy atom. The molecular formula is C14H17N3O3S. The number of sulfonamides is 1. The number of nitrogens with two attached hydrogens (primary N) is 1. The predicted molar refractivity (Wildman–Crippen MR) is 82.7 cm³/mol. The molecule has 1 aromatic heterocycles. The Bertz CT molecular complexity index is 700. The molecule has 1 heterocycles. The molecule has 0 spiro atoms. The van der Waals surface area contributed by atoms with E-state index in [2.05, 4.69) is 9.71 Å². The first-order valence-corrected chi connectivity index (χ1v) is 8.01. The molecule has 0 aliphatic rings. The summed E-state index contributed by atoms with van der Waals surface area (Å²) in [5.41, 5.74) is 7.14. The Hall–Kier alpha value is -2.28. The van der Waals surface area contributed by atoms with Gasteiger partial charge in [0.25, 0.3) is 0 Å². The molecule has 2 rings (SSSR count). The zero-order valence-corrected chi connectivity index (χ0v) is 12.4. The predicted octanol–water partition coefficient (Wildman–Crippen LogP) is 1.79. The van der Waals surface area contributed by atoms with E-state index in [0.29, 0.717) is 17.3 Å². The van der Waals surface area contributed by atoms with Crippen LogP contribution in [0.15, 0.2) is 42.6 Å². The molecular weight excluding hydrogens is 290 g/mol. The van der Waals surface area contributed by atoms with Crippen molar-refractivity contribution >= 4 is 21.5 Å². The second-order valence-corrected chi connectivity index (χ2v) is 6.40. The van der Waals surface area contributed by atoms with E-state index >= 15 is 0 Å². The lowest BCUT2D eigenvalue weighted by atomic mass is 10.3. The van der Waals surface area contributed by atoms with Gasteiger partial charge in [0.15, 0.2) is 0 Å². The monoisotopic (exact) mass is 307 g/mol. The van der Waals surface area contributed by atoms with Crippen LogP contribution in [0.3, 0.4) is 0 Å². The molecule has 0 unspecified atom stereocenters. The minimum atomic E-state index is -3.50. The van der Waals surface area contributed by atoms with Gasteiger partial charge in [-0.2, -0.15) is 0 Å². The Balaban J connectivity index is 1.88. The van der Waals surface area contributed by atoms with Gasteiger partial charge in [0.05, 0.1) is 0 Å². The summed E-state index contributed by atoms with van der Waals surface area (Å²) >= 11 is 0. The molecule has 3 N–H and O–H groups in total. The topological polar surface area (TPSA) is 94.3 Å². The minimum absolute atomic E-state index is 0.0324. The summed E-state index contributed by atoms with van der Waals surface area (Å²) in [5.74, 6) is 0.667. The number of hydrogen-bond donors (Lipinski definition) is 2. The molecule has 0 radical (unpaired) electrons. The molecule has 6 nitrogen and oxygen atoms in total. The summed E-state index contributed by atoms with van der Waals surface area (Å²) in [6.07, 6.45) is 1.60. The fraction of sp³-hybridized carbons (Fsp3) is 0.214. The second kappa shape index (κ2) is 6.45. The van der Waals surface area contributed by atoms with Crippen LogP contribution in [0, 0.1) is 6.92 Å². The average Bonchev–Trinajstić information content (AvgIpc) is 2.41. The Kier molecular flexibility index (Phi) is 4.64. The lowest BCUT2D eigenvalue weighted by Gasteiger charge is -2.09. The molecule has 0 saturated heterocycles. The number of rotatable bonds is 6. The van der Waals surface area contributed by atoms with E-state index in [1.165, 1.54) is 0 Å². The van der Waals surface area contributed by atoms with E-state index in [4.69, 9.17) is 10.5 Å². The van der Waals surface area contributed by atoms with E-state index in [1.54, 1.807) is 42.6 Å². The zero-order valence-electron chi connectivity index (χ0n) is 11.6. The SMILES string of the molecule is Cc1ccc(NS(=O)(=O)CCOc2cccc(N)c2)nc1. The van der Waals surface area contributed by atoms with E-state index in [9.17, 15) is 8.42 Å². The van der Waals surface area contributed by atoms with Gasteiger partial charge in [-0.3, -0.25) is 4.72 Å². The van der Waals surface area contributed by atoms with Crippen molar-refractivity contribution < 1.29 is 13.2 Å². The Labute approximate surface area is 124 Å². The fourth-order valence-electron chi connectivity index (χ4n) is 1.61. The first-order chi connectivity index (χ1) is 9.94. The molecule has 0 amide bonds. The van der Waals surface area contributed by atoms with E-state index in [1.807, 2.05) is 6.92 Å². The summed E-state index contributed by atoms with van der Waals surface area (Å²) < 4.78 is 31.5. The largest absolute Gasteiger partial charge is 0.492 e. The van der Waals surface area contributed by atoms with Crippen LogP contribution in [0.4, 0.5) is 11.5 Å². The molecule has 0 bridgehead atoms. The maximum absolute atomic E-state index is 11.9. The maximum atomic E-state index is 11.9. The van der Waals surface area contributed by atoms with Crippen LogP contribution in [-0.4, -0.2) is 25.8 Å². The van der Waals surface area contributed by atoms with Crippen molar-refractivity contribution in [2.24, 2.45) is 0 Å². The molecule has 0 aliphatic heterocycles. The molecule has 1 aromatic carbocycles. The van der Waals surface area contributed by atoms with Crippen molar-refractivity contribution in [1.29, 1.82) is 0 Å². The molecule has 2 aromatic rings. The van der Waals surface area contributed by atoms with Crippen LogP contribution in [-0.2, 0) is 10.0 Å². The van der Waals surface area contributed by atoms with E-state index in [0.717, 1.165) is 5.56 Å². The van der Waals surface area contributed by atoms with Gasteiger partial charge in [-0.25, -0.2) is 13.4 Å². The summed E-state index contributed by atoms with van der Waals surface area (Å²) in [7, 11) is -3.50. The number of pyridine rings is 1. The third-order valence-electron chi connectivity index (χ3n) is 2.65. The van der Waals surface area contributed by atoms with Gasteiger partial charge in [0, 0.05) is 18.0 Å². The summed E-state index contributed by atoms with van der Waals surface area (Å²) in [6, 6.07) is 10.2. The smallest absolute Gasteiger partial charge is 0.237 e. The number of hydrogen-bond acceptors (Lipinski definition) is 5. The number of ether oxygens (including phenoxy) is 1. The molecule has 0 fully saturated rings. The zero-order chi connectivity index (χ0) is 15.3. The van der Waals surface area contributed by atoms with Gasteiger partial charge in [0.2, 0.25) is 10.0 Å². The van der Waals surface area contributed by atoms with Crippen molar-refractivity contribution in [3.63, 3.8) is 0 Å². The lowest BCUT2D eigenvalue weighted by Crippen LogP contribution is -2.21. The van der Waals surface area contributed by atoms with Gasteiger partial charge < -0.3 is 10.5 Å². The highest BCUT2D eigenvalue weighted by Crippen LogP contribution is 2.14. The van der Waals surface area contributed by atoms with Crippen LogP contribution in [0.2, 0.25) is 0 Å². The lowest BCUT2D eigenvalue weighted by molar-refractivity contribution is 0.341. The average molecular weight is 307 g/mol.